The van der Waals surface area contributed by atoms with Crippen molar-refractivity contribution in [2.45, 2.75) is 11.4 Å². The van der Waals surface area contributed by atoms with Gasteiger partial charge in [-0.1, -0.05) is 34.1 Å². The van der Waals surface area contributed by atoms with E-state index in [1.807, 2.05) is 24.3 Å². The van der Waals surface area contributed by atoms with Crippen LogP contribution in [-0.2, 0) is 16.6 Å². The molecule has 0 fully saturated rings. The zero-order valence-electron chi connectivity index (χ0n) is 10.5. The molecule has 20 heavy (non-hydrogen) atoms. The third-order valence-electron chi connectivity index (χ3n) is 2.78. The molecule has 106 valence electrons. The topological polar surface area (TPSA) is 98.2 Å². The van der Waals surface area contributed by atoms with Gasteiger partial charge in [-0.05, 0) is 29.8 Å². The molecular formula is C13H14BrN3O2S. The Bertz CT molecular complexity index is 732. The minimum atomic E-state index is -3.74. The molecule has 2 aromatic rings. The molecule has 0 radical (unpaired) electrons. The van der Waals surface area contributed by atoms with Crippen molar-refractivity contribution < 1.29 is 8.42 Å². The minimum Gasteiger partial charge on any atom is -0.397 e. The largest absolute Gasteiger partial charge is 0.397 e. The van der Waals surface area contributed by atoms with Gasteiger partial charge in [0.15, 0.2) is 0 Å². The molecule has 2 aromatic carbocycles. The summed E-state index contributed by atoms with van der Waals surface area (Å²) in [6.45, 7) is 0.514. The summed E-state index contributed by atoms with van der Waals surface area (Å²) in [4.78, 5) is 0.0290. The molecule has 0 aromatic heterocycles. The van der Waals surface area contributed by atoms with E-state index in [0.717, 1.165) is 10.0 Å². The summed E-state index contributed by atoms with van der Waals surface area (Å²) in [6.07, 6.45) is 0. The molecular weight excluding hydrogens is 342 g/mol. The maximum Gasteiger partial charge on any atom is 0.238 e. The molecule has 0 atom stereocenters. The zero-order valence-corrected chi connectivity index (χ0v) is 12.9. The van der Waals surface area contributed by atoms with E-state index in [9.17, 15) is 8.42 Å². The summed E-state index contributed by atoms with van der Waals surface area (Å²) in [7, 11) is -3.74. The van der Waals surface area contributed by atoms with Gasteiger partial charge in [0.1, 0.15) is 0 Å². The molecule has 0 aliphatic heterocycles. The Hall–Kier alpha value is -1.57. The Labute approximate surface area is 126 Å². The van der Waals surface area contributed by atoms with Crippen molar-refractivity contribution in [1.82, 2.24) is 0 Å². The maximum atomic E-state index is 11.3. The second kappa shape index (κ2) is 5.82. The molecule has 0 amide bonds. The van der Waals surface area contributed by atoms with Gasteiger partial charge in [-0.15, -0.1) is 0 Å². The molecule has 5 N–H and O–H groups in total. The summed E-state index contributed by atoms with van der Waals surface area (Å²) in [5, 5.41) is 8.21. The number of sulfonamides is 1. The first-order chi connectivity index (χ1) is 9.38. The van der Waals surface area contributed by atoms with Crippen LogP contribution in [0.15, 0.2) is 51.8 Å². The number of halogens is 1. The van der Waals surface area contributed by atoms with Gasteiger partial charge in [-0.2, -0.15) is 0 Å². The van der Waals surface area contributed by atoms with Crippen LogP contribution in [0.5, 0.6) is 0 Å². The number of rotatable bonds is 4. The smallest absolute Gasteiger partial charge is 0.238 e. The van der Waals surface area contributed by atoms with Gasteiger partial charge in [0.05, 0.1) is 16.3 Å². The molecule has 0 saturated carbocycles. The molecule has 5 nitrogen and oxygen atoms in total. The van der Waals surface area contributed by atoms with Crippen molar-refractivity contribution in [2.75, 3.05) is 11.1 Å². The highest BCUT2D eigenvalue weighted by Crippen LogP contribution is 2.24. The van der Waals surface area contributed by atoms with Gasteiger partial charge < -0.3 is 11.1 Å². The van der Waals surface area contributed by atoms with Crippen LogP contribution in [0.1, 0.15) is 5.56 Å². The molecule has 0 saturated heterocycles. The number of nitrogen functional groups attached to an aromatic ring is 1. The first kappa shape index (κ1) is 14.8. The Morgan fingerprint density at radius 3 is 2.50 bits per heavy atom. The lowest BCUT2D eigenvalue weighted by Crippen LogP contribution is -2.13. The van der Waals surface area contributed by atoms with Crippen LogP contribution in [-0.4, -0.2) is 8.42 Å². The summed E-state index contributed by atoms with van der Waals surface area (Å²) >= 11 is 3.45. The van der Waals surface area contributed by atoms with E-state index >= 15 is 0 Å². The predicted octanol–water partition coefficient (Wildman–Crippen LogP) is 2.29. The third kappa shape index (κ3) is 3.50. The van der Waals surface area contributed by atoms with Crippen LogP contribution in [0, 0.1) is 0 Å². The SMILES string of the molecule is Nc1ccc(S(N)(=O)=O)cc1NCc1ccccc1Br. The lowest BCUT2D eigenvalue weighted by atomic mass is 10.2. The zero-order chi connectivity index (χ0) is 14.8. The van der Waals surface area contributed by atoms with Gasteiger partial charge in [-0.3, -0.25) is 0 Å². The molecule has 2 rings (SSSR count). The quantitative estimate of drug-likeness (QED) is 0.732. The van der Waals surface area contributed by atoms with E-state index in [0.29, 0.717) is 17.9 Å². The van der Waals surface area contributed by atoms with E-state index in [2.05, 4.69) is 21.2 Å². The van der Waals surface area contributed by atoms with Gasteiger partial charge in [0.25, 0.3) is 0 Å². The molecule has 0 heterocycles. The van der Waals surface area contributed by atoms with Gasteiger partial charge in [0, 0.05) is 11.0 Å². The molecule has 0 aliphatic rings. The normalized spacial score (nSPS) is 11.3. The first-order valence-electron chi connectivity index (χ1n) is 5.77. The minimum absolute atomic E-state index is 0.0290. The Morgan fingerprint density at radius 1 is 1.15 bits per heavy atom. The van der Waals surface area contributed by atoms with E-state index in [4.69, 9.17) is 10.9 Å². The molecule has 7 heteroatoms. The summed E-state index contributed by atoms with van der Waals surface area (Å²) in [5.74, 6) is 0. The first-order valence-corrected chi connectivity index (χ1v) is 8.11. The second-order valence-electron chi connectivity index (χ2n) is 4.24. The average molecular weight is 356 g/mol. The van der Waals surface area contributed by atoms with Crippen molar-refractivity contribution in [3.8, 4) is 0 Å². The number of anilines is 2. The standard InChI is InChI=1S/C13H14BrN3O2S/c14-11-4-2-1-3-9(11)8-17-13-7-10(20(16,18)19)5-6-12(13)15/h1-7,17H,8,15H2,(H2,16,18,19). The van der Waals surface area contributed by atoms with Gasteiger partial charge in [-0.25, -0.2) is 13.6 Å². The van der Waals surface area contributed by atoms with E-state index in [-0.39, 0.29) is 4.90 Å². The number of primary sulfonamides is 1. The number of hydrogen-bond donors (Lipinski definition) is 3. The highest BCUT2D eigenvalue weighted by molar-refractivity contribution is 9.10. The second-order valence-corrected chi connectivity index (χ2v) is 6.65. The molecule has 0 unspecified atom stereocenters. The highest BCUT2D eigenvalue weighted by Gasteiger charge is 2.10. The summed E-state index contributed by atoms with van der Waals surface area (Å²) in [5.41, 5.74) is 7.86. The summed E-state index contributed by atoms with van der Waals surface area (Å²) < 4.78 is 23.6. The van der Waals surface area contributed by atoms with Crippen LogP contribution in [0.4, 0.5) is 11.4 Å². The Morgan fingerprint density at radius 2 is 1.85 bits per heavy atom. The maximum absolute atomic E-state index is 11.3. The fourth-order valence-electron chi connectivity index (χ4n) is 1.70. The van der Waals surface area contributed by atoms with E-state index in [1.165, 1.54) is 18.2 Å². The van der Waals surface area contributed by atoms with Crippen molar-refractivity contribution in [1.29, 1.82) is 0 Å². The number of benzene rings is 2. The lowest BCUT2D eigenvalue weighted by Gasteiger charge is -2.11. The Balaban J connectivity index is 2.24. The van der Waals surface area contributed by atoms with Crippen LogP contribution in [0.2, 0.25) is 0 Å². The van der Waals surface area contributed by atoms with E-state index < -0.39 is 10.0 Å². The fraction of sp³-hybridized carbons (Fsp3) is 0.0769. The van der Waals surface area contributed by atoms with Crippen molar-refractivity contribution in [3.63, 3.8) is 0 Å². The van der Waals surface area contributed by atoms with Gasteiger partial charge in [0.2, 0.25) is 10.0 Å². The summed E-state index contributed by atoms with van der Waals surface area (Å²) in [6, 6.07) is 12.1. The third-order valence-corrected chi connectivity index (χ3v) is 4.47. The van der Waals surface area contributed by atoms with Crippen LogP contribution >= 0.6 is 15.9 Å². The Kier molecular flexibility index (Phi) is 4.32. The molecule has 0 aliphatic carbocycles. The number of hydrogen-bond acceptors (Lipinski definition) is 4. The lowest BCUT2D eigenvalue weighted by molar-refractivity contribution is 0.598. The van der Waals surface area contributed by atoms with Crippen molar-refractivity contribution in [3.05, 3.63) is 52.5 Å². The van der Waals surface area contributed by atoms with Crippen LogP contribution in [0.3, 0.4) is 0 Å². The van der Waals surface area contributed by atoms with Crippen LogP contribution < -0.4 is 16.2 Å². The van der Waals surface area contributed by atoms with E-state index in [1.54, 1.807) is 0 Å². The fourth-order valence-corrected chi connectivity index (χ4v) is 2.66. The van der Waals surface area contributed by atoms with Crippen molar-refractivity contribution in [2.24, 2.45) is 5.14 Å². The average Bonchev–Trinajstić information content (AvgIpc) is 2.38. The predicted molar refractivity (Wildman–Crippen MR) is 83.7 cm³/mol. The highest BCUT2D eigenvalue weighted by atomic mass is 79.9. The number of nitrogens with one attached hydrogen (secondary N) is 1. The molecule has 0 spiro atoms. The monoisotopic (exact) mass is 355 g/mol. The van der Waals surface area contributed by atoms with Crippen molar-refractivity contribution >= 4 is 37.3 Å². The molecule has 0 bridgehead atoms. The number of nitrogens with two attached hydrogens (primary N) is 2. The van der Waals surface area contributed by atoms with Crippen LogP contribution in [0.25, 0.3) is 0 Å². The van der Waals surface area contributed by atoms with Gasteiger partial charge >= 0.3 is 0 Å².